The summed E-state index contributed by atoms with van der Waals surface area (Å²) in [7, 11) is 0. The van der Waals surface area contributed by atoms with Crippen molar-refractivity contribution >= 4 is 29.1 Å². The maximum atomic E-state index is 13.0. The third-order valence-electron chi connectivity index (χ3n) is 13.7. The molecule has 5 saturated heterocycles. The van der Waals surface area contributed by atoms with Gasteiger partial charge in [-0.1, -0.05) is 23.7 Å². The van der Waals surface area contributed by atoms with Gasteiger partial charge in [0, 0.05) is 12.1 Å². The van der Waals surface area contributed by atoms with Gasteiger partial charge in [0.25, 0.3) is 17.5 Å². The summed E-state index contributed by atoms with van der Waals surface area (Å²) in [4.78, 5) is 37.2. The number of carbonyl (C=O) groups excluding carboxylic acids is 2. The SMILES string of the molecule is O=C1c2ccccc2C(=O)N1C[C@H]1O[C@H](O[C@H]2[C@H](O)[C@@H](O)[C@@H](O[C@H]3[C@H](O)[C@@H](O)[C@@H](O[C@H]4[C@H](O)[C@@H](O)[C@@H](O[C@H]5[C@H](O)[C@@H](O)[C@H](Oc6ccc([N+](=O)[O-])cc6Cl)O[C@@H]5CO)O[C@@H]4CO)O[C@@H]3CO)O[C@@H]2CO)[C@H](O)[C@@H](O)[C@@H]1O. The zero-order valence-electron chi connectivity index (χ0n) is 39.2. The van der Waals surface area contributed by atoms with Crippen LogP contribution < -0.4 is 4.74 Å². The fourth-order valence-electron chi connectivity index (χ4n) is 9.53. The van der Waals surface area contributed by atoms with Crippen LogP contribution in [-0.2, 0) is 42.6 Å². The third-order valence-corrected chi connectivity index (χ3v) is 14.0. The van der Waals surface area contributed by atoms with E-state index in [9.17, 15) is 96.3 Å². The van der Waals surface area contributed by atoms with Crippen molar-refractivity contribution in [2.45, 2.75) is 154 Å². The first kappa shape index (κ1) is 58.3. The molecule has 8 rings (SSSR count). The molecular formula is C44H57ClN2O29. The molecule has 6 heterocycles. The monoisotopic (exact) mass is 1110 g/mol. The van der Waals surface area contributed by atoms with Crippen molar-refractivity contribution < 1.29 is 138 Å². The number of aliphatic hydroxyl groups is 15. The van der Waals surface area contributed by atoms with Crippen LogP contribution in [0.2, 0.25) is 5.02 Å². The Balaban J connectivity index is 0.874. The number of amides is 2. The number of rotatable bonds is 17. The number of imide groups is 1. The van der Waals surface area contributed by atoms with E-state index in [0.717, 1.165) is 23.1 Å². The minimum Gasteiger partial charge on any atom is -0.460 e. The molecule has 6 aliphatic rings. The summed E-state index contributed by atoms with van der Waals surface area (Å²) in [5.74, 6) is -1.69. The molecular weight excluding hydrogens is 1060 g/mol. The summed E-state index contributed by atoms with van der Waals surface area (Å²) >= 11 is 6.08. The summed E-state index contributed by atoms with van der Waals surface area (Å²) in [6.45, 7) is -4.63. The van der Waals surface area contributed by atoms with Gasteiger partial charge in [-0.2, -0.15) is 0 Å². The second-order valence-corrected chi connectivity index (χ2v) is 18.9. The van der Waals surface area contributed by atoms with Crippen LogP contribution in [0.4, 0.5) is 5.69 Å². The van der Waals surface area contributed by atoms with Gasteiger partial charge in [-0.25, -0.2) is 0 Å². The van der Waals surface area contributed by atoms with Crippen molar-refractivity contribution in [3.8, 4) is 5.75 Å². The first-order chi connectivity index (χ1) is 36.1. The summed E-state index contributed by atoms with van der Waals surface area (Å²) in [5.41, 5.74) is -0.257. The lowest BCUT2D eigenvalue weighted by molar-refractivity contribution is -0.392. The third kappa shape index (κ3) is 11.3. The Morgan fingerprint density at radius 2 is 0.829 bits per heavy atom. The lowest BCUT2D eigenvalue weighted by atomic mass is 9.95. The minimum atomic E-state index is -2.20. The quantitative estimate of drug-likeness (QED) is 0.0397. The van der Waals surface area contributed by atoms with Crippen molar-refractivity contribution in [3.05, 3.63) is 68.7 Å². The van der Waals surface area contributed by atoms with Crippen molar-refractivity contribution in [1.82, 2.24) is 4.90 Å². The number of halogens is 1. The van der Waals surface area contributed by atoms with E-state index in [4.69, 9.17) is 59.0 Å². The standard InChI is InChI=1S/C44H57ClN2O29/c45-16-7-13(47(65)66)5-6-17(16)67-40-30(59)25(54)34(19(9-48)69-40)74-42-32(61)27(56)36(21(11-50)71-42)76-44-33(62)28(57)37(22(12-51)72-44)75-43-31(60)26(55)35(20(10-49)70-43)73-41-29(58)24(53)23(52)18(68-41)8-46-38(63)14-3-1-2-4-15(14)39(46)64/h1-7,18-37,40-44,48-62H,8-12H2/t18-,19-,20-,21-,22-,23-,24+,25-,26-,27-,28-,29-,30-,31-,32-,33-,34-,35-,36-,37-,40-,41-,42-,43-,44-/m1/s1. The number of aliphatic hydroxyl groups excluding tert-OH is 15. The van der Waals surface area contributed by atoms with Crippen LogP contribution in [0.3, 0.4) is 0 Å². The Morgan fingerprint density at radius 1 is 0.487 bits per heavy atom. The molecule has 2 amide bonds. The van der Waals surface area contributed by atoms with Gasteiger partial charge in [-0.15, -0.1) is 0 Å². The normalized spacial score (nSPS) is 42.9. The molecule has 2 aromatic rings. The number of carbonyl (C=O) groups is 2. The first-order valence-corrected chi connectivity index (χ1v) is 23.9. The highest BCUT2D eigenvalue weighted by molar-refractivity contribution is 6.32. The van der Waals surface area contributed by atoms with Gasteiger partial charge in [-0.3, -0.25) is 24.6 Å². The molecule has 76 heavy (non-hydrogen) atoms. The van der Waals surface area contributed by atoms with Gasteiger partial charge < -0.3 is 124 Å². The highest BCUT2D eigenvalue weighted by Gasteiger charge is 2.57. The molecule has 0 saturated carbocycles. The number of non-ortho nitro benzene ring substituents is 1. The number of fused-ring (bicyclic) bond motifs is 1. The van der Waals surface area contributed by atoms with Gasteiger partial charge in [0.05, 0.1) is 54.0 Å². The Labute approximate surface area is 432 Å². The molecule has 25 atom stereocenters. The Bertz CT molecular complexity index is 2300. The van der Waals surface area contributed by atoms with E-state index >= 15 is 0 Å². The van der Waals surface area contributed by atoms with E-state index < -0.39 is 209 Å². The van der Waals surface area contributed by atoms with Crippen LogP contribution in [0.15, 0.2) is 42.5 Å². The Hall–Kier alpha value is -3.89. The number of hydrogen-bond donors (Lipinski definition) is 15. The number of hydrogen-bond acceptors (Lipinski definition) is 29. The summed E-state index contributed by atoms with van der Waals surface area (Å²) in [6, 6.07) is 8.94. The molecule has 424 valence electrons. The summed E-state index contributed by atoms with van der Waals surface area (Å²) < 4.78 is 56.5. The van der Waals surface area contributed by atoms with E-state index in [1.807, 2.05) is 0 Å². The van der Waals surface area contributed by atoms with Crippen molar-refractivity contribution in [3.63, 3.8) is 0 Å². The van der Waals surface area contributed by atoms with Crippen LogP contribution in [0.5, 0.6) is 5.75 Å². The van der Waals surface area contributed by atoms with E-state index in [1.54, 1.807) is 0 Å². The van der Waals surface area contributed by atoms with Gasteiger partial charge in [0.15, 0.2) is 25.2 Å². The molecule has 0 aliphatic carbocycles. The van der Waals surface area contributed by atoms with Crippen molar-refractivity contribution in [2.24, 2.45) is 0 Å². The van der Waals surface area contributed by atoms with E-state index in [2.05, 4.69) is 0 Å². The number of ether oxygens (including phenoxy) is 10. The molecule has 31 nitrogen and oxygen atoms in total. The van der Waals surface area contributed by atoms with E-state index in [-0.39, 0.29) is 21.9 Å². The predicted octanol–water partition coefficient (Wildman–Crippen LogP) is -7.97. The van der Waals surface area contributed by atoms with Gasteiger partial charge in [0.2, 0.25) is 6.29 Å². The van der Waals surface area contributed by atoms with Crippen LogP contribution in [0.25, 0.3) is 0 Å². The zero-order chi connectivity index (χ0) is 55.2. The van der Waals surface area contributed by atoms with Crippen molar-refractivity contribution in [1.29, 1.82) is 0 Å². The Morgan fingerprint density at radius 3 is 1.18 bits per heavy atom. The fourth-order valence-corrected chi connectivity index (χ4v) is 9.74. The van der Waals surface area contributed by atoms with Crippen LogP contribution in [-0.4, -0.2) is 285 Å². The molecule has 32 heteroatoms. The molecule has 0 aromatic heterocycles. The molecule has 15 N–H and O–H groups in total. The average Bonchev–Trinajstić information content (AvgIpc) is 3.65. The highest BCUT2D eigenvalue weighted by Crippen LogP contribution is 2.38. The van der Waals surface area contributed by atoms with E-state index in [0.29, 0.717) is 0 Å². The van der Waals surface area contributed by atoms with Crippen molar-refractivity contribution in [2.75, 3.05) is 33.0 Å². The second-order valence-electron chi connectivity index (χ2n) is 18.5. The molecule has 0 unspecified atom stereocenters. The molecule has 6 aliphatic heterocycles. The fraction of sp³-hybridized carbons (Fsp3) is 0.682. The van der Waals surface area contributed by atoms with Gasteiger partial charge >= 0.3 is 0 Å². The number of benzene rings is 2. The summed E-state index contributed by atoms with van der Waals surface area (Å²) in [5, 5.41) is 174. The number of nitro groups is 1. The number of nitrogens with zero attached hydrogens (tertiary/aromatic N) is 2. The largest absolute Gasteiger partial charge is 0.460 e. The van der Waals surface area contributed by atoms with Crippen LogP contribution in [0, 0.1) is 10.1 Å². The second kappa shape index (κ2) is 24.2. The smallest absolute Gasteiger partial charge is 0.271 e. The highest BCUT2D eigenvalue weighted by atomic mass is 35.5. The molecule has 2 aromatic carbocycles. The predicted molar refractivity (Wildman–Crippen MR) is 238 cm³/mol. The molecule has 0 spiro atoms. The molecule has 5 fully saturated rings. The van der Waals surface area contributed by atoms with Gasteiger partial charge in [0.1, 0.15) is 128 Å². The van der Waals surface area contributed by atoms with E-state index in [1.165, 1.54) is 24.3 Å². The molecule has 0 radical (unpaired) electrons. The average molecular weight is 1110 g/mol. The maximum absolute atomic E-state index is 13.0. The summed E-state index contributed by atoms with van der Waals surface area (Å²) in [6.07, 6.45) is -48.2. The first-order valence-electron chi connectivity index (χ1n) is 23.5. The number of nitro benzene ring substituents is 1. The minimum absolute atomic E-state index is 0.0667. The van der Waals surface area contributed by atoms with Crippen LogP contribution in [0.1, 0.15) is 20.7 Å². The Kier molecular flexibility index (Phi) is 18.6. The van der Waals surface area contributed by atoms with Gasteiger partial charge in [-0.05, 0) is 18.2 Å². The lowest BCUT2D eigenvalue weighted by Crippen LogP contribution is -2.68. The zero-order valence-corrected chi connectivity index (χ0v) is 40.0. The topological polar surface area (TPSA) is 476 Å². The lowest BCUT2D eigenvalue weighted by Gasteiger charge is -2.49. The molecule has 0 bridgehead atoms. The van der Waals surface area contributed by atoms with Crippen LogP contribution >= 0.6 is 11.6 Å². The maximum Gasteiger partial charge on any atom is 0.271 e.